The van der Waals surface area contributed by atoms with Crippen molar-refractivity contribution in [3.8, 4) is 11.4 Å². The zero-order chi connectivity index (χ0) is 23.7. The van der Waals surface area contributed by atoms with Crippen LogP contribution in [0.5, 0.6) is 0 Å². The van der Waals surface area contributed by atoms with Gasteiger partial charge in [0.25, 0.3) is 0 Å². The van der Waals surface area contributed by atoms with Gasteiger partial charge in [-0.3, -0.25) is 4.99 Å². The Morgan fingerprint density at radius 1 is 1.00 bits per heavy atom. The van der Waals surface area contributed by atoms with Crippen molar-refractivity contribution in [1.82, 2.24) is 15.3 Å². The first kappa shape index (κ1) is 22.3. The van der Waals surface area contributed by atoms with E-state index in [1.54, 1.807) is 12.1 Å². The second kappa shape index (κ2) is 9.06. The molecule has 2 N–H and O–H groups in total. The summed E-state index contributed by atoms with van der Waals surface area (Å²) < 4.78 is 41.3. The third-order valence-electron chi connectivity index (χ3n) is 6.12. The van der Waals surface area contributed by atoms with Gasteiger partial charge in [-0.2, -0.15) is 13.2 Å². The molecule has 1 aromatic heterocycles. The fraction of sp³-hybridized carbons (Fsp3) is 0.320. The number of hydrogen-bond donors (Lipinski definition) is 2. The molecule has 0 saturated carbocycles. The zero-order valence-corrected chi connectivity index (χ0v) is 18.7. The van der Waals surface area contributed by atoms with Gasteiger partial charge in [-0.05, 0) is 18.1 Å². The predicted molar refractivity (Wildman–Crippen MR) is 127 cm³/mol. The first-order valence-corrected chi connectivity index (χ1v) is 11.4. The predicted octanol–water partition coefficient (Wildman–Crippen LogP) is 4.90. The Balaban J connectivity index is 1.59. The summed E-state index contributed by atoms with van der Waals surface area (Å²) >= 11 is 0. The molecule has 0 spiro atoms. The van der Waals surface area contributed by atoms with Gasteiger partial charge in [0.05, 0.1) is 11.6 Å². The maximum atomic E-state index is 13.8. The van der Waals surface area contributed by atoms with Crippen molar-refractivity contribution in [2.45, 2.75) is 25.6 Å². The highest BCUT2D eigenvalue weighted by Crippen LogP contribution is 2.37. The molecule has 5 rings (SSSR count). The van der Waals surface area contributed by atoms with E-state index in [-0.39, 0.29) is 17.4 Å². The fourth-order valence-corrected chi connectivity index (χ4v) is 4.43. The molecule has 1 atom stereocenters. The largest absolute Gasteiger partial charge is 0.417 e. The van der Waals surface area contributed by atoms with Crippen LogP contribution in [0.2, 0.25) is 0 Å². The van der Waals surface area contributed by atoms with Crippen LogP contribution in [0.25, 0.3) is 11.4 Å². The first-order valence-electron chi connectivity index (χ1n) is 11.4. The third kappa shape index (κ3) is 4.35. The second-order valence-electron chi connectivity index (χ2n) is 8.33. The van der Waals surface area contributed by atoms with Crippen LogP contribution in [-0.2, 0) is 6.18 Å². The van der Waals surface area contributed by atoms with Crippen molar-refractivity contribution >= 4 is 17.5 Å². The number of fused-ring (bicyclic) bond motifs is 1. The Morgan fingerprint density at radius 3 is 2.44 bits per heavy atom. The molecule has 0 aliphatic carbocycles. The van der Waals surface area contributed by atoms with Gasteiger partial charge < -0.3 is 15.5 Å². The number of nitrogens with one attached hydrogen (secondary N) is 2. The van der Waals surface area contributed by atoms with Crippen molar-refractivity contribution < 1.29 is 13.2 Å². The third-order valence-corrected chi connectivity index (χ3v) is 6.12. The molecule has 1 saturated heterocycles. The van der Waals surface area contributed by atoms with Gasteiger partial charge in [0.15, 0.2) is 5.82 Å². The monoisotopic (exact) mass is 466 g/mol. The van der Waals surface area contributed by atoms with E-state index >= 15 is 0 Å². The molecule has 176 valence electrons. The Labute approximate surface area is 196 Å². The standard InChI is InChI=1S/C25H25F3N6/c1-2-20-16-7-3-4-8-17(16)23(30-20)31-21-15-22(34-13-11-29-12-14-34)33-24(32-21)18-9-5-6-10-19(18)25(26,27)28/h3-10,15,20,29H,2,11-14H2,1H3,(H,30,31,32,33). The number of nitrogens with zero attached hydrogens (tertiary/aromatic N) is 4. The van der Waals surface area contributed by atoms with Crippen LogP contribution in [-0.4, -0.2) is 42.0 Å². The summed E-state index contributed by atoms with van der Waals surface area (Å²) in [6.45, 7) is 5.04. The number of alkyl halides is 3. The van der Waals surface area contributed by atoms with Crippen molar-refractivity contribution in [2.75, 3.05) is 36.4 Å². The number of hydrogen-bond acceptors (Lipinski definition) is 6. The van der Waals surface area contributed by atoms with E-state index in [4.69, 9.17) is 4.99 Å². The normalized spacial score (nSPS) is 17.9. The van der Waals surface area contributed by atoms with Crippen LogP contribution in [0.1, 0.15) is 36.1 Å². The summed E-state index contributed by atoms with van der Waals surface area (Å²) in [4.78, 5) is 15.9. The van der Waals surface area contributed by atoms with E-state index in [0.717, 1.165) is 36.7 Å². The van der Waals surface area contributed by atoms with Gasteiger partial charge in [0.1, 0.15) is 17.5 Å². The molecule has 34 heavy (non-hydrogen) atoms. The molecule has 1 unspecified atom stereocenters. The van der Waals surface area contributed by atoms with Crippen molar-refractivity contribution in [1.29, 1.82) is 0 Å². The minimum absolute atomic E-state index is 0.0328. The van der Waals surface area contributed by atoms with E-state index < -0.39 is 11.7 Å². The summed E-state index contributed by atoms with van der Waals surface area (Å²) in [6.07, 6.45) is -3.66. The number of aromatic nitrogens is 2. The maximum Gasteiger partial charge on any atom is 0.417 e. The number of piperazine rings is 1. The van der Waals surface area contributed by atoms with Crippen molar-refractivity contribution in [2.24, 2.45) is 4.99 Å². The first-order chi connectivity index (χ1) is 16.4. The van der Waals surface area contributed by atoms with E-state index in [9.17, 15) is 13.2 Å². The molecule has 9 heteroatoms. The molecular weight excluding hydrogens is 441 g/mol. The quantitative estimate of drug-likeness (QED) is 0.573. The summed E-state index contributed by atoms with van der Waals surface area (Å²) in [5, 5.41) is 6.57. The van der Waals surface area contributed by atoms with Crippen molar-refractivity contribution in [3.63, 3.8) is 0 Å². The molecule has 3 aromatic rings. The minimum atomic E-state index is -4.51. The molecule has 0 bridgehead atoms. The smallest absolute Gasteiger partial charge is 0.354 e. The molecule has 0 radical (unpaired) electrons. The lowest BCUT2D eigenvalue weighted by molar-refractivity contribution is -0.137. The van der Waals surface area contributed by atoms with Gasteiger partial charge in [0.2, 0.25) is 0 Å². The van der Waals surface area contributed by atoms with Crippen LogP contribution in [0, 0.1) is 0 Å². The van der Waals surface area contributed by atoms with Crippen LogP contribution in [0.3, 0.4) is 0 Å². The van der Waals surface area contributed by atoms with Gasteiger partial charge >= 0.3 is 6.18 Å². The number of aliphatic imine (C=N–C) groups is 1. The maximum absolute atomic E-state index is 13.8. The van der Waals surface area contributed by atoms with Crippen LogP contribution < -0.4 is 15.5 Å². The Kier molecular flexibility index (Phi) is 5.95. The highest BCUT2D eigenvalue weighted by molar-refractivity contribution is 6.10. The molecular formula is C25H25F3N6. The fourth-order valence-electron chi connectivity index (χ4n) is 4.43. The molecule has 2 aliphatic heterocycles. The van der Waals surface area contributed by atoms with Crippen LogP contribution in [0.4, 0.5) is 24.8 Å². The summed E-state index contributed by atoms with van der Waals surface area (Å²) in [5.41, 5.74) is 1.31. The SMILES string of the molecule is CCC1N=C(Nc2cc(N3CCNCC3)nc(-c3ccccc3C(F)(F)F)n2)c2ccccc21. The van der Waals surface area contributed by atoms with Gasteiger partial charge in [-0.1, -0.05) is 49.4 Å². The Hall–Kier alpha value is -3.46. The number of benzene rings is 2. The van der Waals surface area contributed by atoms with Gasteiger partial charge in [-0.25, -0.2) is 9.97 Å². The molecule has 2 aliphatic rings. The van der Waals surface area contributed by atoms with Crippen molar-refractivity contribution in [3.05, 3.63) is 71.3 Å². The van der Waals surface area contributed by atoms with E-state index in [2.05, 4.69) is 38.5 Å². The zero-order valence-electron chi connectivity index (χ0n) is 18.7. The highest BCUT2D eigenvalue weighted by atomic mass is 19.4. The molecule has 0 amide bonds. The second-order valence-corrected chi connectivity index (χ2v) is 8.33. The van der Waals surface area contributed by atoms with Crippen LogP contribution >= 0.6 is 0 Å². The average molecular weight is 467 g/mol. The van der Waals surface area contributed by atoms with E-state index in [1.165, 1.54) is 12.1 Å². The van der Waals surface area contributed by atoms with E-state index in [1.807, 2.05) is 18.2 Å². The minimum Gasteiger partial charge on any atom is -0.354 e. The molecule has 1 fully saturated rings. The number of anilines is 2. The van der Waals surface area contributed by atoms with Gasteiger partial charge in [-0.15, -0.1) is 0 Å². The lowest BCUT2D eigenvalue weighted by Crippen LogP contribution is -2.44. The molecule has 2 aromatic carbocycles. The molecule has 3 heterocycles. The molecule has 6 nitrogen and oxygen atoms in total. The number of rotatable bonds is 4. The number of amidine groups is 1. The Morgan fingerprint density at radius 2 is 1.71 bits per heavy atom. The summed E-state index contributed by atoms with van der Waals surface area (Å²) in [6, 6.07) is 15.2. The summed E-state index contributed by atoms with van der Waals surface area (Å²) in [5.74, 6) is 1.71. The van der Waals surface area contributed by atoms with Crippen LogP contribution in [0.15, 0.2) is 59.6 Å². The summed E-state index contributed by atoms with van der Waals surface area (Å²) in [7, 11) is 0. The lowest BCUT2D eigenvalue weighted by atomic mass is 10.0. The topological polar surface area (TPSA) is 65.4 Å². The highest BCUT2D eigenvalue weighted by Gasteiger charge is 2.34. The number of halogens is 3. The van der Waals surface area contributed by atoms with E-state index in [0.29, 0.717) is 30.6 Å². The Bertz CT molecular complexity index is 1220. The van der Waals surface area contributed by atoms with Gasteiger partial charge in [0, 0.05) is 43.4 Å². The average Bonchev–Trinajstić information content (AvgIpc) is 3.21. The lowest BCUT2D eigenvalue weighted by Gasteiger charge is -2.29.